The molecule has 9 aromatic carbocycles. The van der Waals surface area contributed by atoms with Crippen LogP contribution in [0.15, 0.2) is 233 Å². The Morgan fingerprint density at radius 3 is 0.786 bits per heavy atom. The van der Waals surface area contributed by atoms with E-state index in [-0.39, 0.29) is 317 Å². The number of nitrogens with one attached hydrogen (secondary N) is 3. The minimum atomic E-state index is -3.80. The van der Waals surface area contributed by atoms with Gasteiger partial charge in [0.15, 0.2) is 5.78 Å². The standard InChI is InChI=1S/3C22H19NO3S.18C2H6.3CH3.3U.3Yb/c1-3-17-10-9-14-19(16(17)2)22(24)20-13-7-8-15-21(20)23-27(25,26)18-11-5-4-6-12-18;1-3-18-16(2)10-9-14-19(18)22(24)20-13-7-8-15-21(20)23-27(25,26)17-11-5-4-6-12-17;1-2-10-17-11-6-7-14-19(17)22(24)20-15-8-9-16-21(20)23-27(25,26)18-12-4-3-5-13-18;18*1-2;;;;;;;;;/h2*4-15,23H,1-3H2;3-9,12-16,23H,1-2,10H2;18*1-2H3;3*1H3;;;;;;/q3*-2;;;;;;;;;;;;;;;;;;;3*-1;3*+2;;;. The van der Waals surface area contributed by atoms with Crippen molar-refractivity contribution in [2.24, 2.45) is 0 Å². The summed E-state index contributed by atoms with van der Waals surface area (Å²) in [6.07, 6.45) is 2.20. The monoisotopic (exact) mass is 2950 g/mol. The van der Waals surface area contributed by atoms with Gasteiger partial charge in [-0.25, -0.2) is 38.1 Å². The quantitative estimate of drug-likeness (QED) is 0.0522. The van der Waals surface area contributed by atoms with Crippen LogP contribution in [-0.2, 0) is 49.3 Å². The summed E-state index contributed by atoms with van der Waals surface area (Å²) in [5.74, 6) is -0.811. The summed E-state index contributed by atoms with van der Waals surface area (Å²) < 4.78 is 83.4. The molecule has 9 aromatic rings. The molecule has 0 atom stereocenters. The van der Waals surface area contributed by atoms with E-state index in [1.54, 1.807) is 170 Å². The second-order valence-electron chi connectivity index (χ2n) is 17.9. The van der Waals surface area contributed by atoms with Gasteiger partial charge in [-0.2, -0.15) is 78.4 Å². The smallest absolute Gasteiger partial charge is 0.358 e. The maximum atomic E-state index is 13.1. The van der Waals surface area contributed by atoms with Gasteiger partial charge in [0.2, 0.25) is 0 Å². The van der Waals surface area contributed by atoms with Crippen LogP contribution < -0.4 is 14.2 Å². The molecule has 126 heavy (non-hydrogen) atoms. The van der Waals surface area contributed by atoms with Crippen molar-refractivity contribution in [3.05, 3.63) is 343 Å². The van der Waals surface area contributed by atoms with Gasteiger partial charge in [-0.05, 0) is 66.2 Å². The molecule has 0 unspecified atom stereocenters. The maximum Gasteiger partial charge on any atom is 2.00 e. The second kappa shape index (κ2) is 128. The number of para-hydroxylation sites is 3. The van der Waals surface area contributed by atoms with Crippen molar-refractivity contribution in [3.8, 4) is 0 Å². The molecule has 0 amide bonds. The van der Waals surface area contributed by atoms with E-state index in [2.05, 4.69) is 54.9 Å². The number of anilines is 3. The van der Waals surface area contributed by atoms with E-state index in [0.717, 1.165) is 22.3 Å². The van der Waals surface area contributed by atoms with Crippen LogP contribution in [0.25, 0.3) is 0 Å². The molecule has 0 saturated carbocycles. The van der Waals surface area contributed by atoms with E-state index in [1.807, 2.05) is 261 Å². The Bertz CT molecular complexity index is 4070. The van der Waals surface area contributed by atoms with Gasteiger partial charge in [-0.15, -0.1) is 18.2 Å². The first kappa shape index (κ1) is 177. The predicted octanol–water partition coefficient (Wildman–Crippen LogP) is 32.7. The van der Waals surface area contributed by atoms with Crippen LogP contribution in [0.2, 0.25) is 0 Å². The summed E-state index contributed by atoms with van der Waals surface area (Å²) in [4.78, 5) is 39.7. The van der Waals surface area contributed by atoms with Gasteiger partial charge in [0.1, 0.15) is 11.6 Å². The summed E-state index contributed by atoms with van der Waals surface area (Å²) in [5.41, 5.74) is 6.71. The summed E-state index contributed by atoms with van der Waals surface area (Å²) >= 11 is 0. The molecule has 3 N–H and O–H groups in total. The summed E-state index contributed by atoms with van der Waals surface area (Å²) in [6.45, 7) is 91.5. The van der Waals surface area contributed by atoms with Crippen LogP contribution in [0, 0.1) is 297 Å². The molecule has 9 rings (SSSR count). The zero-order valence-electron chi connectivity index (χ0n) is 85.3. The van der Waals surface area contributed by atoms with E-state index in [9.17, 15) is 39.6 Å². The fourth-order valence-corrected chi connectivity index (χ4v) is 11.7. The molecule has 738 valence electrons. The average Bonchev–Trinajstić information content (AvgIpc) is 0.805. The fourth-order valence-electron chi connectivity index (χ4n) is 8.45. The third-order valence-electron chi connectivity index (χ3n) is 12.6. The molecule has 0 bridgehead atoms. The first-order valence-corrected chi connectivity index (χ1v) is 47.8. The van der Waals surface area contributed by atoms with E-state index in [4.69, 9.17) is 0 Å². The largest absolute Gasteiger partial charge is 2.00 e. The number of aryl methyl sites for hydroxylation is 1. The van der Waals surface area contributed by atoms with Crippen LogP contribution in [0.3, 0.4) is 0 Å². The Labute approximate surface area is 969 Å². The molecule has 0 fully saturated rings. The van der Waals surface area contributed by atoms with E-state index in [0.29, 0.717) is 53.5 Å². The van der Waals surface area contributed by atoms with Gasteiger partial charge in [-0.1, -0.05) is 382 Å². The topological polar surface area (TPSA) is 190 Å². The van der Waals surface area contributed by atoms with Gasteiger partial charge in [0, 0.05) is 157 Å². The van der Waals surface area contributed by atoms with Crippen LogP contribution in [0.5, 0.6) is 0 Å². The molecular formula is C105H174N3O9S3U3Yb3-3. The van der Waals surface area contributed by atoms with Crippen LogP contribution in [0.1, 0.15) is 331 Å². The van der Waals surface area contributed by atoms with Crippen molar-refractivity contribution in [1.29, 1.82) is 0 Å². The Morgan fingerprint density at radius 1 is 0.286 bits per heavy atom. The van der Waals surface area contributed by atoms with Crippen LogP contribution >= 0.6 is 0 Å². The SMILES string of the molecule is CC.CC.CC.CC.CC.CC.CC.CC.CC.CC.CC.CC.CC.CC.CC.CC.CC.CC.[CH2-]CCc1[c-]cccc1C(=O)c1ccccc1NS(=O)(=O)c1ccccc1.[CH2-]Cc1c([CH2-])cccc1C(=O)c1ccccc1NS(=O)(=O)c1ccccc1.[CH2-]Cc1cccc(C(=O)c2ccccc2NS(=O)(=O)c2ccccc2)c1[CH2-].[CH3-].[CH3-].[CH3-].[U+2].[U+2].[U+2].[Yb].[Yb].[Yb]. The fraction of sp³-hybridized carbons (Fsp3) is 0.381. The number of hydrogen-bond donors (Lipinski definition) is 3. The Hall–Kier alpha value is -1.31. The van der Waals surface area contributed by atoms with Gasteiger partial charge < -0.3 is 52.6 Å². The minimum absolute atomic E-state index is 0. The summed E-state index contributed by atoms with van der Waals surface area (Å²) in [6, 6.07) is 62.7. The van der Waals surface area contributed by atoms with E-state index >= 15 is 0 Å². The maximum absolute atomic E-state index is 13.1. The van der Waals surface area contributed by atoms with Gasteiger partial charge >= 0.3 is 93.3 Å². The van der Waals surface area contributed by atoms with E-state index < -0.39 is 30.1 Å². The molecule has 0 aromatic heterocycles. The van der Waals surface area contributed by atoms with Crippen LogP contribution in [-0.4, -0.2) is 42.6 Å². The molecular weight excluding hydrogens is 2780 g/mol. The number of ketones is 3. The van der Waals surface area contributed by atoms with Crippen molar-refractivity contribution >= 4 is 64.5 Å². The third kappa shape index (κ3) is 72.2. The number of carbonyl (C=O) groups excluding carboxylic acids is 3. The van der Waals surface area contributed by atoms with Crippen molar-refractivity contribution in [3.63, 3.8) is 0 Å². The summed E-state index contributed by atoms with van der Waals surface area (Å²) in [7, 11) is -11.4. The van der Waals surface area contributed by atoms with Crippen molar-refractivity contribution in [1.82, 2.24) is 0 Å². The number of hydrogen-bond acceptors (Lipinski definition) is 9. The number of rotatable bonds is 19. The second-order valence-corrected chi connectivity index (χ2v) is 23.0. The minimum Gasteiger partial charge on any atom is -0.358 e. The molecule has 0 radical (unpaired) electrons. The predicted molar refractivity (Wildman–Crippen MR) is 544 cm³/mol. The van der Waals surface area contributed by atoms with Crippen molar-refractivity contribution in [2.75, 3.05) is 14.2 Å². The molecule has 21 heteroatoms. The Morgan fingerprint density at radius 2 is 0.516 bits per heavy atom. The molecule has 0 aliphatic heterocycles. The number of sulfonamides is 3. The third-order valence-corrected chi connectivity index (χ3v) is 16.7. The molecule has 0 saturated heterocycles. The average molecular weight is 2950 g/mol. The van der Waals surface area contributed by atoms with Gasteiger partial charge in [-0.3, -0.25) is 19.0 Å². The number of carbonyl (C=O) groups is 3. The van der Waals surface area contributed by atoms with Gasteiger partial charge in [0.25, 0.3) is 30.1 Å². The van der Waals surface area contributed by atoms with Crippen molar-refractivity contribution < 1.29 is 274 Å². The molecule has 0 spiro atoms. The normalized spacial score (nSPS) is 8.02. The zero-order valence-corrected chi connectivity index (χ0v) is 105. The molecule has 0 aliphatic rings. The van der Waals surface area contributed by atoms with E-state index in [1.165, 1.54) is 36.4 Å². The summed E-state index contributed by atoms with van der Waals surface area (Å²) in [5, 5.41) is 0. The zero-order chi connectivity index (χ0) is 94.2. The first-order valence-electron chi connectivity index (χ1n) is 43.3. The Balaban J connectivity index is -0.0000000566. The molecule has 0 heterocycles. The van der Waals surface area contributed by atoms with Crippen LogP contribution in [0.4, 0.5) is 17.1 Å². The first-order chi connectivity index (χ1) is 56.9. The van der Waals surface area contributed by atoms with Crippen molar-refractivity contribution in [2.45, 2.75) is 290 Å². The van der Waals surface area contributed by atoms with Gasteiger partial charge in [0.05, 0.1) is 31.7 Å². The molecule has 12 nitrogen and oxygen atoms in total. The number of benzene rings is 9. The Kier molecular flexibility index (Phi) is 180. The molecule has 0 aliphatic carbocycles.